The van der Waals surface area contributed by atoms with Gasteiger partial charge in [0.15, 0.2) is 0 Å². The molecule has 1 N–H and O–H groups in total. The van der Waals surface area contributed by atoms with Gasteiger partial charge in [0, 0.05) is 12.6 Å². The molecular weight excluding hydrogens is 419 g/mol. The van der Waals surface area contributed by atoms with Crippen LogP contribution in [0.3, 0.4) is 0 Å². The minimum Gasteiger partial charge on any atom is -0.497 e. The van der Waals surface area contributed by atoms with E-state index in [1.807, 2.05) is 0 Å². The van der Waals surface area contributed by atoms with Crippen LogP contribution in [0.15, 0.2) is 77.7 Å². The molecule has 0 aliphatic rings. The van der Waals surface area contributed by atoms with Crippen LogP contribution in [-0.2, 0) is 14.8 Å². The maximum atomic E-state index is 13.6. The molecular formula is C23H23FN2O4S. The molecule has 3 aromatic carbocycles. The zero-order chi connectivity index (χ0) is 22.6. The number of amides is 1. The van der Waals surface area contributed by atoms with Crippen molar-refractivity contribution in [1.29, 1.82) is 0 Å². The van der Waals surface area contributed by atoms with Crippen molar-refractivity contribution < 1.29 is 22.3 Å². The Morgan fingerprint density at radius 1 is 0.968 bits per heavy atom. The van der Waals surface area contributed by atoms with Crippen LogP contribution in [-0.4, -0.2) is 21.4 Å². The van der Waals surface area contributed by atoms with Gasteiger partial charge in [-0.1, -0.05) is 12.1 Å². The van der Waals surface area contributed by atoms with Gasteiger partial charge in [-0.25, -0.2) is 12.8 Å². The number of hydrogen-bond acceptors (Lipinski definition) is 4. The molecule has 3 rings (SSSR count). The van der Waals surface area contributed by atoms with Gasteiger partial charge in [-0.2, -0.15) is 0 Å². The molecule has 0 aliphatic carbocycles. The normalized spacial score (nSPS) is 12.1. The van der Waals surface area contributed by atoms with Crippen LogP contribution in [0.4, 0.5) is 15.8 Å². The first-order valence-electron chi connectivity index (χ1n) is 9.54. The molecule has 0 aromatic heterocycles. The minimum absolute atomic E-state index is 0.0615. The summed E-state index contributed by atoms with van der Waals surface area (Å²) in [5.41, 5.74) is 1.56. The van der Waals surface area contributed by atoms with E-state index in [0.29, 0.717) is 22.7 Å². The van der Waals surface area contributed by atoms with Gasteiger partial charge in [-0.15, -0.1) is 0 Å². The molecule has 3 aromatic rings. The molecule has 8 heteroatoms. The van der Waals surface area contributed by atoms with Gasteiger partial charge in [0.1, 0.15) is 11.6 Å². The van der Waals surface area contributed by atoms with Gasteiger partial charge in [-0.3, -0.25) is 9.10 Å². The Kier molecular flexibility index (Phi) is 6.60. The monoisotopic (exact) mass is 442 g/mol. The number of ether oxygens (including phenoxy) is 1. The summed E-state index contributed by atoms with van der Waals surface area (Å²) in [6.45, 7) is 3.11. The van der Waals surface area contributed by atoms with Crippen molar-refractivity contribution in [3.05, 3.63) is 84.2 Å². The third-order valence-corrected chi connectivity index (χ3v) is 6.68. The molecule has 0 heterocycles. The zero-order valence-corrected chi connectivity index (χ0v) is 18.2. The summed E-state index contributed by atoms with van der Waals surface area (Å²) >= 11 is 0. The fraction of sp³-hybridized carbons (Fsp3) is 0.174. The molecule has 1 unspecified atom stereocenters. The van der Waals surface area contributed by atoms with Crippen molar-refractivity contribution >= 4 is 27.3 Å². The van der Waals surface area contributed by atoms with E-state index < -0.39 is 21.9 Å². The Labute approximate surface area is 181 Å². The van der Waals surface area contributed by atoms with Crippen LogP contribution in [0.25, 0.3) is 0 Å². The maximum Gasteiger partial charge on any atom is 0.264 e. The third kappa shape index (κ3) is 5.03. The van der Waals surface area contributed by atoms with Crippen LogP contribution in [0.1, 0.15) is 25.5 Å². The molecule has 0 saturated carbocycles. The fourth-order valence-corrected chi connectivity index (χ4v) is 4.85. The second kappa shape index (κ2) is 9.18. The molecule has 0 aliphatic heterocycles. The SMILES string of the molecule is COc1ccc(N(C(C)c2ccc(F)cc2)S(=O)(=O)c2ccc(NC(C)=O)cc2)cc1. The van der Waals surface area contributed by atoms with Crippen molar-refractivity contribution in [3.8, 4) is 5.75 Å². The number of nitrogens with zero attached hydrogens (tertiary/aromatic N) is 1. The van der Waals surface area contributed by atoms with Crippen LogP contribution in [0.5, 0.6) is 5.75 Å². The largest absolute Gasteiger partial charge is 0.497 e. The number of carbonyl (C=O) groups excluding carboxylic acids is 1. The summed E-state index contributed by atoms with van der Waals surface area (Å²) in [4.78, 5) is 11.3. The van der Waals surface area contributed by atoms with E-state index in [-0.39, 0.29) is 10.8 Å². The van der Waals surface area contributed by atoms with Crippen molar-refractivity contribution in [2.24, 2.45) is 0 Å². The van der Waals surface area contributed by atoms with Crippen LogP contribution >= 0.6 is 0 Å². The third-order valence-electron chi connectivity index (χ3n) is 4.76. The quantitative estimate of drug-likeness (QED) is 0.573. The van der Waals surface area contributed by atoms with Crippen LogP contribution < -0.4 is 14.4 Å². The van der Waals surface area contributed by atoms with Crippen molar-refractivity contribution in [2.45, 2.75) is 24.8 Å². The second-order valence-electron chi connectivity index (χ2n) is 6.93. The predicted octanol–water partition coefficient (Wildman–Crippen LogP) is 4.75. The van der Waals surface area contributed by atoms with E-state index in [1.165, 1.54) is 54.7 Å². The van der Waals surface area contributed by atoms with Crippen molar-refractivity contribution in [2.75, 3.05) is 16.7 Å². The highest BCUT2D eigenvalue weighted by Gasteiger charge is 2.30. The average molecular weight is 443 g/mol. The molecule has 31 heavy (non-hydrogen) atoms. The van der Waals surface area contributed by atoms with Gasteiger partial charge in [0.2, 0.25) is 5.91 Å². The lowest BCUT2D eigenvalue weighted by atomic mass is 10.1. The average Bonchev–Trinajstić information content (AvgIpc) is 2.74. The lowest BCUT2D eigenvalue weighted by Crippen LogP contribution is -2.33. The number of rotatable bonds is 7. The predicted molar refractivity (Wildman–Crippen MR) is 118 cm³/mol. The van der Waals surface area contributed by atoms with Gasteiger partial charge in [0.05, 0.1) is 23.7 Å². The molecule has 162 valence electrons. The molecule has 0 saturated heterocycles. The molecule has 6 nitrogen and oxygen atoms in total. The van der Waals surface area contributed by atoms with Crippen LogP contribution in [0.2, 0.25) is 0 Å². The summed E-state index contributed by atoms with van der Waals surface area (Å²) in [6, 6.07) is 17.7. The van der Waals surface area contributed by atoms with Gasteiger partial charge < -0.3 is 10.1 Å². The molecule has 1 atom stereocenters. The number of anilines is 2. The van der Waals surface area contributed by atoms with Gasteiger partial charge in [0.25, 0.3) is 10.0 Å². The summed E-state index contributed by atoms with van der Waals surface area (Å²) in [6.07, 6.45) is 0. The highest BCUT2D eigenvalue weighted by Crippen LogP contribution is 2.34. The summed E-state index contributed by atoms with van der Waals surface area (Å²) < 4.78 is 47.1. The molecule has 0 bridgehead atoms. The van der Waals surface area contributed by atoms with E-state index in [2.05, 4.69) is 5.32 Å². The molecule has 0 fully saturated rings. The first-order valence-corrected chi connectivity index (χ1v) is 11.0. The first kappa shape index (κ1) is 22.3. The number of sulfonamides is 1. The van der Waals surface area contributed by atoms with Gasteiger partial charge >= 0.3 is 0 Å². The number of benzene rings is 3. The highest BCUT2D eigenvalue weighted by molar-refractivity contribution is 7.92. The van der Waals surface area contributed by atoms with E-state index in [9.17, 15) is 17.6 Å². The van der Waals surface area contributed by atoms with E-state index >= 15 is 0 Å². The van der Waals surface area contributed by atoms with Crippen molar-refractivity contribution in [3.63, 3.8) is 0 Å². The Hall–Kier alpha value is -3.39. The smallest absolute Gasteiger partial charge is 0.264 e. The summed E-state index contributed by atoms with van der Waals surface area (Å²) in [5.74, 6) is -0.0565. The van der Waals surface area contributed by atoms with E-state index in [1.54, 1.807) is 43.3 Å². The maximum absolute atomic E-state index is 13.6. The number of halogens is 1. The number of hydrogen-bond donors (Lipinski definition) is 1. The van der Waals surface area contributed by atoms with Crippen molar-refractivity contribution in [1.82, 2.24) is 0 Å². The second-order valence-corrected chi connectivity index (χ2v) is 8.75. The first-order chi connectivity index (χ1) is 14.7. The summed E-state index contributed by atoms with van der Waals surface area (Å²) in [5, 5.41) is 2.61. The fourth-order valence-electron chi connectivity index (χ4n) is 3.20. The highest BCUT2D eigenvalue weighted by atomic mass is 32.2. The Morgan fingerprint density at radius 3 is 2.06 bits per heavy atom. The number of carbonyl (C=O) groups is 1. The zero-order valence-electron chi connectivity index (χ0n) is 17.4. The molecule has 0 spiro atoms. The lowest BCUT2D eigenvalue weighted by Gasteiger charge is -2.31. The Balaban J connectivity index is 2.07. The summed E-state index contributed by atoms with van der Waals surface area (Å²) in [7, 11) is -2.46. The Morgan fingerprint density at radius 2 is 1.55 bits per heavy atom. The molecule has 1 amide bonds. The van der Waals surface area contributed by atoms with Gasteiger partial charge in [-0.05, 0) is 73.2 Å². The standard InChI is InChI=1S/C23H23FN2O4S/c1-16(18-4-6-19(24)7-5-18)26(21-10-12-22(30-3)13-11-21)31(28,29)23-14-8-20(9-15-23)25-17(2)27/h4-16H,1-3H3,(H,25,27). The molecule has 0 radical (unpaired) electrons. The van der Waals surface area contributed by atoms with Crippen LogP contribution in [0, 0.1) is 5.82 Å². The lowest BCUT2D eigenvalue weighted by molar-refractivity contribution is -0.114. The number of nitrogens with one attached hydrogen (secondary N) is 1. The minimum atomic E-state index is -3.99. The topological polar surface area (TPSA) is 75.7 Å². The Bertz CT molecular complexity index is 1150. The number of methoxy groups -OCH3 is 1. The van der Waals surface area contributed by atoms with E-state index in [0.717, 1.165) is 0 Å². The van der Waals surface area contributed by atoms with E-state index in [4.69, 9.17) is 4.74 Å².